The summed E-state index contributed by atoms with van der Waals surface area (Å²) < 4.78 is 0. The number of hydrogen-bond donors (Lipinski definition) is 1. The third-order valence-corrected chi connectivity index (χ3v) is 4.12. The molecule has 0 saturated heterocycles. The van der Waals surface area contributed by atoms with Gasteiger partial charge >= 0.3 is 0 Å². The molecule has 3 rings (SSSR count). The minimum absolute atomic E-state index is 0.285. The number of carbonyl (C=O) groups excluding carboxylic acids is 2. The lowest BCUT2D eigenvalue weighted by molar-refractivity contribution is -0.120. The van der Waals surface area contributed by atoms with Gasteiger partial charge in [0.15, 0.2) is 12.1 Å². The molecule has 8 nitrogen and oxygen atoms in total. The molecule has 0 aromatic heterocycles. The fraction of sp³-hybridized carbons (Fsp3) is 0.375. The van der Waals surface area contributed by atoms with Crippen molar-refractivity contribution in [2.24, 2.45) is 20.4 Å². The third kappa shape index (κ3) is 2.70. The summed E-state index contributed by atoms with van der Waals surface area (Å²) in [6, 6.07) is 4.11. The van der Waals surface area contributed by atoms with Gasteiger partial charge in [0, 0.05) is 0 Å². The van der Waals surface area contributed by atoms with E-state index >= 15 is 0 Å². The van der Waals surface area contributed by atoms with Gasteiger partial charge in [-0.15, -0.1) is 0 Å². The van der Waals surface area contributed by atoms with E-state index in [-0.39, 0.29) is 11.8 Å². The first kappa shape index (κ1) is 16.0. The van der Waals surface area contributed by atoms with Crippen molar-refractivity contribution in [3.8, 4) is 0 Å². The number of benzene rings is 1. The predicted octanol–water partition coefficient (Wildman–Crippen LogP) is 1.72. The molecule has 0 saturated carbocycles. The van der Waals surface area contributed by atoms with Crippen LogP contribution in [0.1, 0.15) is 25.0 Å². The van der Waals surface area contributed by atoms with Crippen molar-refractivity contribution in [3.05, 3.63) is 29.3 Å². The average Bonchev–Trinajstić information content (AvgIpc) is 3.01. The lowest BCUT2D eigenvalue weighted by Crippen LogP contribution is -2.31. The molecule has 1 N–H and O–H groups in total. The van der Waals surface area contributed by atoms with Gasteiger partial charge in [0.05, 0.1) is 17.1 Å². The van der Waals surface area contributed by atoms with E-state index in [1.54, 1.807) is 13.8 Å². The van der Waals surface area contributed by atoms with Crippen molar-refractivity contribution in [1.82, 2.24) is 5.43 Å². The number of aryl methyl sites for hydroxylation is 2. The first-order valence-electron chi connectivity index (χ1n) is 7.59. The Morgan fingerprint density at radius 1 is 1.00 bits per heavy atom. The second-order valence-electron chi connectivity index (χ2n) is 5.93. The zero-order chi connectivity index (χ0) is 17.4. The molecule has 2 amide bonds. The van der Waals surface area contributed by atoms with E-state index in [1.165, 1.54) is 5.01 Å². The summed E-state index contributed by atoms with van der Waals surface area (Å²) in [6.45, 7) is 7.39. The van der Waals surface area contributed by atoms with Crippen LogP contribution in [0.15, 0.2) is 38.6 Å². The molecule has 0 aliphatic carbocycles. The average molecular weight is 326 g/mol. The summed E-state index contributed by atoms with van der Waals surface area (Å²) in [5, 5.41) is 17.5. The fourth-order valence-electron chi connectivity index (χ4n) is 2.46. The Balaban J connectivity index is 1.81. The fourth-order valence-corrected chi connectivity index (χ4v) is 2.46. The van der Waals surface area contributed by atoms with E-state index in [1.807, 2.05) is 32.0 Å². The second kappa shape index (κ2) is 5.95. The van der Waals surface area contributed by atoms with E-state index in [2.05, 4.69) is 25.9 Å². The highest BCUT2D eigenvalue weighted by Crippen LogP contribution is 2.24. The van der Waals surface area contributed by atoms with E-state index in [9.17, 15) is 9.59 Å². The molecule has 24 heavy (non-hydrogen) atoms. The highest BCUT2D eigenvalue weighted by atomic mass is 16.2. The molecular formula is C16H18N6O2. The maximum absolute atomic E-state index is 12.6. The van der Waals surface area contributed by atoms with Gasteiger partial charge in [-0.1, -0.05) is 6.07 Å². The first-order chi connectivity index (χ1) is 11.4. The number of amides is 2. The standard InChI is InChI=1S/C16H18N6O2/c1-8-5-6-12(7-9(8)2)22-16(24)14(11(4)21-22)19-18-13-10(3)17-20-15(13)23/h5-7,13-14H,1-4H3,(H,20,23). The van der Waals surface area contributed by atoms with Gasteiger partial charge in [0.1, 0.15) is 0 Å². The van der Waals surface area contributed by atoms with E-state index < -0.39 is 12.1 Å². The summed E-state index contributed by atoms with van der Waals surface area (Å²) in [5.41, 5.74) is 6.30. The molecule has 2 atom stereocenters. The van der Waals surface area contributed by atoms with Gasteiger partial charge < -0.3 is 0 Å². The number of nitrogens with one attached hydrogen (secondary N) is 1. The molecule has 124 valence electrons. The molecule has 2 aliphatic rings. The zero-order valence-electron chi connectivity index (χ0n) is 13.9. The maximum Gasteiger partial charge on any atom is 0.280 e. The molecule has 8 heteroatoms. The van der Waals surface area contributed by atoms with Crippen LogP contribution < -0.4 is 10.4 Å². The van der Waals surface area contributed by atoms with Gasteiger partial charge in [0.25, 0.3) is 11.8 Å². The van der Waals surface area contributed by atoms with Crippen molar-refractivity contribution < 1.29 is 9.59 Å². The van der Waals surface area contributed by atoms with Crippen molar-refractivity contribution in [1.29, 1.82) is 0 Å². The van der Waals surface area contributed by atoms with Gasteiger partial charge in [-0.05, 0) is 51.0 Å². The van der Waals surface area contributed by atoms with Gasteiger partial charge in [-0.25, -0.2) is 5.43 Å². The van der Waals surface area contributed by atoms with Crippen molar-refractivity contribution in [3.63, 3.8) is 0 Å². The Morgan fingerprint density at radius 2 is 1.71 bits per heavy atom. The van der Waals surface area contributed by atoms with Crippen LogP contribution in [0, 0.1) is 13.8 Å². The van der Waals surface area contributed by atoms with E-state index in [4.69, 9.17) is 0 Å². The van der Waals surface area contributed by atoms with Crippen molar-refractivity contribution in [2.45, 2.75) is 39.8 Å². The van der Waals surface area contributed by atoms with Crippen LogP contribution in [0.25, 0.3) is 0 Å². The molecule has 0 radical (unpaired) electrons. The van der Waals surface area contributed by atoms with Crippen LogP contribution in [0.3, 0.4) is 0 Å². The smallest absolute Gasteiger partial charge is 0.270 e. The monoisotopic (exact) mass is 326 g/mol. The topological polar surface area (TPSA) is 98.8 Å². The number of azo groups is 1. The Hall–Kier alpha value is -2.90. The normalized spacial score (nSPS) is 23.8. The second-order valence-corrected chi connectivity index (χ2v) is 5.93. The van der Waals surface area contributed by atoms with Crippen LogP contribution in [-0.2, 0) is 9.59 Å². The Morgan fingerprint density at radius 3 is 2.33 bits per heavy atom. The lowest BCUT2D eigenvalue weighted by Gasteiger charge is -2.14. The minimum Gasteiger partial charge on any atom is -0.270 e. The SMILES string of the molecule is CC1=NNC(=O)C1N=NC1C(=O)N(c2ccc(C)c(C)c2)N=C1C. The Kier molecular flexibility index (Phi) is 3.96. The highest BCUT2D eigenvalue weighted by Gasteiger charge is 2.36. The Labute approximate surface area is 139 Å². The van der Waals surface area contributed by atoms with E-state index in [0.29, 0.717) is 17.1 Å². The molecule has 0 fully saturated rings. The quantitative estimate of drug-likeness (QED) is 0.855. The molecule has 2 aliphatic heterocycles. The van der Waals surface area contributed by atoms with Crippen LogP contribution in [0.4, 0.5) is 5.69 Å². The van der Waals surface area contributed by atoms with Crippen LogP contribution in [-0.4, -0.2) is 35.3 Å². The van der Waals surface area contributed by atoms with Crippen LogP contribution in [0.2, 0.25) is 0 Å². The van der Waals surface area contributed by atoms with Crippen LogP contribution >= 0.6 is 0 Å². The van der Waals surface area contributed by atoms with Gasteiger partial charge in [-0.2, -0.15) is 25.4 Å². The molecular weight excluding hydrogens is 308 g/mol. The lowest BCUT2D eigenvalue weighted by atomic mass is 10.1. The third-order valence-electron chi connectivity index (χ3n) is 4.12. The summed E-state index contributed by atoms with van der Waals surface area (Å²) >= 11 is 0. The molecule has 2 heterocycles. The van der Waals surface area contributed by atoms with Crippen molar-refractivity contribution in [2.75, 3.05) is 5.01 Å². The molecule has 0 spiro atoms. The predicted molar refractivity (Wildman–Crippen MR) is 90.2 cm³/mol. The first-order valence-corrected chi connectivity index (χ1v) is 7.59. The number of rotatable bonds is 3. The molecule has 0 bridgehead atoms. The summed E-state index contributed by atoms with van der Waals surface area (Å²) in [5.74, 6) is -0.630. The van der Waals surface area contributed by atoms with Crippen molar-refractivity contribution >= 4 is 28.9 Å². The molecule has 2 unspecified atom stereocenters. The van der Waals surface area contributed by atoms with Gasteiger partial charge in [0.2, 0.25) is 0 Å². The number of anilines is 1. The summed E-state index contributed by atoms with van der Waals surface area (Å²) in [6.07, 6.45) is 0. The number of carbonyl (C=O) groups is 2. The van der Waals surface area contributed by atoms with Crippen LogP contribution in [0.5, 0.6) is 0 Å². The summed E-state index contributed by atoms with van der Waals surface area (Å²) in [7, 11) is 0. The molecule has 1 aromatic carbocycles. The number of hydrazone groups is 2. The highest BCUT2D eigenvalue weighted by molar-refractivity contribution is 6.18. The minimum atomic E-state index is -0.812. The molecule has 1 aromatic rings. The zero-order valence-corrected chi connectivity index (χ0v) is 13.9. The largest absolute Gasteiger partial charge is 0.280 e. The number of hydrogen-bond acceptors (Lipinski definition) is 6. The number of nitrogens with zero attached hydrogens (tertiary/aromatic N) is 5. The Bertz CT molecular complexity index is 811. The van der Waals surface area contributed by atoms with Gasteiger partial charge in [-0.3, -0.25) is 9.59 Å². The maximum atomic E-state index is 12.6. The van der Waals surface area contributed by atoms with E-state index in [0.717, 1.165) is 11.1 Å². The summed E-state index contributed by atoms with van der Waals surface area (Å²) in [4.78, 5) is 24.2.